The lowest BCUT2D eigenvalue weighted by atomic mass is 10.0. The van der Waals surface area contributed by atoms with Crippen LogP contribution in [-0.4, -0.2) is 114 Å². The minimum absolute atomic E-state index is 0.0458. The number of nitrogens with one attached hydrogen (secondary N) is 2. The van der Waals surface area contributed by atoms with Crippen molar-refractivity contribution in [3.8, 4) is 0 Å². The molecule has 2 saturated heterocycles. The molecule has 1 aromatic carbocycles. The maximum Gasteiger partial charge on any atom is 0.490 e. The predicted molar refractivity (Wildman–Crippen MR) is 157 cm³/mol. The molecule has 1 aromatic heterocycles. The predicted octanol–water partition coefficient (Wildman–Crippen LogP) is 4.77. The van der Waals surface area contributed by atoms with Crippen LogP contribution in [0, 0.1) is 0 Å². The number of likely N-dealkylation sites (N-methyl/N-ethyl adjacent to an activating group) is 1. The fourth-order valence-corrected chi connectivity index (χ4v) is 5.26. The summed E-state index contributed by atoms with van der Waals surface area (Å²) < 4.78 is 63.5. The van der Waals surface area contributed by atoms with Crippen LogP contribution in [0.5, 0.6) is 0 Å². The number of piperidine rings is 1. The molecule has 0 unspecified atom stereocenters. The second-order valence-electron chi connectivity index (χ2n) is 10.1. The number of hydrogen-bond acceptors (Lipinski definition) is 7. The lowest BCUT2D eigenvalue weighted by Crippen LogP contribution is -2.54. The molecular weight excluding hydrogens is 672 g/mol. The normalized spacial score (nSPS) is 17.0. The Labute approximate surface area is 268 Å². The molecule has 0 aliphatic carbocycles. The molecule has 0 spiro atoms. The first-order valence-electron chi connectivity index (χ1n) is 13.6. The van der Waals surface area contributed by atoms with Gasteiger partial charge in [0.25, 0.3) is 5.91 Å². The second-order valence-corrected chi connectivity index (χ2v) is 11.5. The number of hydrogen-bond donors (Lipinski definition) is 4. The maximum atomic E-state index is 13.4. The van der Waals surface area contributed by atoms with E-state index in [1.54, 1.807) is 24.3 Å². The summed E-state index contributed by atoms with van der Waals surface area (Å²) in [6.07, 6.45) is -8.22. The van der Waals surface area contributed by atoms with Crippen LogP contribution in [0.4, 0.5) is 36.8 Å². The Kier molecular flexibility index (Phi) is 14.5. The first-order valence-corrected chi connectivity index (χ1v) is 14.8. The number of aliphatic carboxylic acids is 2. The molecule has 256 valence electrons. The zero-order chi connectivity index (χ0) is 34.7. The largest absolute Gasteiger partial charge is 0.490 e. The minimum Gasteiger partial charge on any atom is -0.475 e. The number of amides is 3. The van der Waals surface area contributed by atoms with Crippen molar-refractivity contribution < 1.29 is 55.7 Å². The average molecular weight is 704 g/mol. The molecule has 0 bridgehead atoms. The molecule has 4 N–H and O–H groups in total. The van der Waals surface area contributed by atoms with Crippen LogP contribution in [0.1, 0.15) is 23.8 Å². The van der Waals surface area contributed by atoms with Gasteiger partial charge in [0, 0.05) is 60.9 Å². The van der Waals surface area contributed by atoms with E-state index in [1.807, 2.05) is 22.4 Å². The van der Waals surface area contributed by atoms with Gasteiger partial charge in [-0.3, -0.25) is 9.69 Å². The zero-order valence-corrected chi connectivity index (χ0v) is 25.8. The summed E-state index contributed by atoms with van der Waals surface area (Å²) in [6.45, 7) is 5.84. The number of thiophene rings is 1. The summed E-state index contributed by atoms with van der Waals surface area (Å²) in [7, 11) is 2.17. The van der Waals surface area contributed by atoms with Crippen LogP contribution in [0.3, 0.4) is 0 Å². The van der Waals surface area contributed by atoms with Crippen molar-refractivity contribution in [2.24, 2.45) is 0 Å². The molecule has 2 aromatic rings. The number of carboxylic acids is 2. The molecule has 46 heavy (non-hydrogen) atoms. The lowest BCUT2D eigenvalue weighted by molar-refractivity contribution is -0.193. The highest BCUT2D eigenvalue weighted by Crippen LogP contribution is 2.25. The number of carbonyl (C=O) groups is 4. The zero-order valence-electron chi connectivity index (χ0n) is 24.3. The van der Waals surface area contributed by atoms with E-state index in [0.717, 1.165) is 57.0 Å². The van der Waals surface area contributed by atoms with Gasteiger partial charge in [-0.1, -0.05) is 17.7 Å². The summed E-state index contributed by atoms with van der Waals surface area (Å²) in [6, 6.07) is 10.1. The SMILES string of the molecule is CN1CCN(C2CCN(C(=O)[C@@H](NC(=O)Nc3ccc(Cl)cc3)c3cccs3)CC2)CC1.O=C(O)C(F)(F)F.O=C(O)C(F)(F)F. The Morgan fingerprint density at radius 3 is 1.80 bits per heavy atom. The topological polar surface area (TPSA) is 143 Å². The number of carbonyl (C=O) groups excluding carboxylic acids is 2. The van der Waals surface area contributed by atoms with E-state index in [1.165, 1.54) is 11.3 Å². The van der Waals surface area contributed by atoms with Crippen molar-refractivity contribution >= 4 is 52.5 Å². The van der Waals surface area contributed by atoms with E-state index in [9.17, 15) is 35.9 Å². The van der Waals surface area contributed by atoms with Gasteiger partial charge in [-0.15, -0.1) is 11.3 Å². The number of anilines is 1. The smallest absolute Gasteiger partial charge is 0.475 e. The number of alkyl halides is 6. The van der Waals surface area contributed by atoms with E-state index in [4.69, 9.17) is 31.4 Å². The molecular formula is C27H32ClF6N5O6S. The van der Waals surface area contributed by atoms with Crippen LogP contribution in [-0.2, 0) is 14.4 Å². The third-order valence-electron chi connectivity index (χ3n) is 6.77. The summed E-state index contributed by atoms with van der Waals surface area (Å²) in [5, 5.41) is 22.4. The average Bonchev–Trinajstić information content (AvgIpc) is 3.52. The highest BCUT2D eigenvalue weighted by molar-refractivity contribution is 7.10. The molecule has 3 heterocycles. The first-order chi connectivity index (χ1) is 21.4. The van der Waals surface area contributed by atoms with Crippen molar-refractivity contribution in [2.45, 2.75) is 37.3 Å². The summed E-state index contributed by atoms with van der Waals surface area (Å²) in [4.78, 5) is 51.5. The molecule has 3 amide bonds. The standard InChI is InChI=1S/C23H30ClN5O2S.2C2HF3O2/c1-27-12-14-28(15-13-27)19-8-10-29(11-9-19)22(30)21(20-3-2-16-32-20)26-23(31)25-18-6-4-17(24)5-7-18;2*3-2(4,5)1(6)7/h2-7,16,19,21H,8-15H2,1H3,(H2,25,26,31);2*(H,6,7)/t21-;;/m0../s1. The van der Waals surface area contributed by atoms with Crippen LogP contribution < -0.4 is 10.6 Å². The van der Waals surface area contributed by atoms with E-state index in [0.29, 0.717) is 16.8 Å². The van der Waals surface area contributed by atoms with Gasteiger partial charge in [-0.25, -0.2) is 14.4 Å². The molecule has 2 fully saturated rings. The van der Waals surface area contributed by atoms with Gasteiger partial charge in [0.15, 0.2) is 0 Å². The quantitative estimate of drug-likeness (QED) is 0.327. The number of piperazine rings is 1. The Bertz CT molecular complexity index is 1260. The van der Waals surface area contributed by atoms with Gasteiger partial charge in [0.2, 0.25) is 0 Å². The van der Waals surface area contributed by atoms with Gasteiger partial charge in [0.05, 0.1) is 0 Å². The van der Waals surface area contributed by atoms with Gasteiger partial charge in [-0.05, 0) is 55.6 Å². The van der Waals surface area contributed by atoms with Crippen molar-refractivity contribution in [3.63, 3.8) is 0 Å². The van der Waals surface area contributed by atoms with E-state index >= 15 is 0 Å². The number of carboxylic acid groups (broad SMARTS) is 2. The van der Waals surface area contributed by atoms with Gasteiger partial charge < -0.3 is 30.6 Å². The first kappa shape index (κ1) is 38.6. The molecule has 19 heteroatoms. The van der Waals surface area contributed by atoms with Crippen molar-refractivity contribution in [1.82, 2.24) is 20.0 Å². The maximum absolute atomic E-state index is 13.4. The van der Waals surface area contributed by atoms with Crippen molar-refractivity contribution in [3.05, 3.63) is 51.7 Å². The van der Waals surface area contributed by atoms with Crippen molar-refractivity contribution in [1.29, 1.82) is 0 Å². The number of likely N-dealkylation sites (tertiary alicyclic amines) is 1. The van der Waals surface area contributed by atoms with E-state index in [-0.39, 0.29) is 5.91 Å². The number of halogens is 7. The molecule has 1 atom stereocenters. The highest BCUT2D eigenvalue weighted by Gasteiger charge is 2.39. The fourth-order valence-electron chi connectivity index (χ4n) is 4.36. The number of urea groups is 1. The Balaban J connectivity index is 0.000000440. The van der Waals surface area contributed by atoms with E-state index in [2.05, 4.69) is 27.5 Å². The minimum atomic E-state index is -5.08. The van der Waals surface area contributed by atoms with Crippen LogP contribution in [0.2, 0.25) is 5.02 Å². The Morgan fingerprint density at radius 2 is 1.37 bits per heavy atom. The molecule has 2 aliphatic rings. The summed E-state index contributed by atoms with van der Waals surface area (Å²) in [5.41, 5.74) is 0.622. The number of rotatable bonds is 5. The summed E-state index contributed by atoms with van der Waals surface area (Å²) in [5.74, 6) is -5.56. The molecule has 2 aliphatic heterocycles. The van der Waals surface area contributed by atoms with E-state index < -0.39 is 36.4 Å². The Morgan fingerprint density at radius 1 is 0.870 bits per heavy atom. The lowest BCUT2D eigenvalue weighted by Gasteiger charge is -2.42. The van der Waals surface area contributed by atoms with Crippen molar-refractivity contribution in [2.75, 3.05) is 51.6 Å². The van der Waals surface area contributed by atoms with Crippen LogP contribution in [0.25, 0.3) is 0 Å². The Hall–Kier alpha value is -3.61. The van der Waals surface area contributed by atoms with Gasteiger partial charge in [-0.2, -0.15) is 26.3 Å². The van der Waals surface area contributed by atoms with Gasteiger partial charge in [0.1, 0.15) is 6.04 Å². The molecule has 4 rings (SSSR count). The third-order valence-corrected chi connectivity index (χ3v) is 7.96. The molecule has 0 radical (unpaired) electrons. The van der Waals surface area contributed by atoms with Crippen LogP contribution >= 0.6 is 22.9 Å². The highest BCUT2D eigenvalue weighted by atomic mass is 35.5. The summed E-state index contributed by atoms with van der Waals surface area (Å²) >= 11 is 7.39. The third kappa shape index (κ3) is 13.0. The number of benzene rings is 1. The van der Waals surface area contributed by atoms with Crippen LogP contribution in [0.15, 0.2) is 41.8 Å². The molecule has 0 saturated carbocycles. The number of nitrogens with zero attached hydrogens (tertiary/aromatic N) is 3. The second kappa shape index (κ2) is 17.3. The van der Waals surface area contributed by atoms with Gasteiger partial charge >= 0.3 is 30.3 Å². The molecule has 11 nitrogen and oxygen atoms in total. The fraction of sp³-hybridized carbons (Fsp3) is 0.481. The monoisotopic (exact) mass is 703 g/mol.